The van der Waals surface area contributed by atoms with Gasteiger partial charge in [0, 0.05) is 0 Å². The molecule has 1 N–H and O–H groups in total. The topological polar surface area (TPSA) is 29.1 Å². The Morgan fingerprint density at radius 2 is 1.57 bits per heavy atom. The van der Waals surface area contributed by atoms with Crippen molar-refractivity contribution in [1.82, 2.24) is 0 Å². The van der Waals surface area contributed by atoms with Gasteiger partial charge in [-0.2, -0.15) is 0 Å². The van der Waals surface area contributed by atoms with E-state index in [1.54, 1.807) is 0 Å². The standard InChI is InChI=1S/C17H17F2NO/c1-10-7-11(2)13(12(3)8-10)9-16(21)20-17-14(18)5-4-6-15(17)19/h4-8H,9H2,1-3H3,(H,20,21). The van der Waals surface area contributed by atoms with Crippen LogP contribution in [0, 0.1) is 32.4 Å². The maximum atomic E-state index is 13.5. The lowest BCUT2D eigenvalue weighted by atomic mass is 9.97. The van der Waals surface area contributed by atoms with E-state index in [-0.39, 0.29) is 6.42 Å². The van der Waals surface area contributed by atoms with Crippen molar-refractivity contribution in [3.8, 4) is 0 Å². The first-order valence-electron chi connectivity index (χ1n) is 6.69. The van der Waals surface area contributed by atoms with Crippen molar-refractivity contribution in [3.63, 3.8) is 0 Å². The molecular formula is C17H17F2NO. The van der Waals surface area contributed by atoms with Gasteiger partial charge in [-0.05, 0) is 49.6 Å². The SMILES string of the molecule is Cc1cc(C)c(CC(=O)Nc2c(F)cccc2F)c(C)c1. The second-order valence-corrected chi connectivity index (χ2v) is 5.20. The van der Waals surface area contributed by atoms with Crippen molar-refractivity contribution < 1.29 is 13.6 Å². The Labute approximate surface area is 122 Å². The van der Waals surface area contributed by atoms with Crippen LogP contribution in [-0.2, 0) is 11.2 Å². The minimum atomic E-state index is -0.777. The lowest BCUT2D eigenvalue weighted by Crippen LogP contribution is -2.17. The van der Waals surface area contributed by atoms with E-state index in [0.717, 1.165) is 34.4 Å². The molecule has 0 saturated carbocycles. The number of benzene rings is 2. The van der Waals surface area contributed by atoms with Gasteiger partial charge in [-0.3, -0.25) is 4.79 Å². The summed E-state index contributed by atoms with van der Waals surface area (Å²) in [6, 6.07) is 7.45. The fourth-order valence-corrected chi connectivity index (χ4v) is 2.45. The number of carbonyl (C=O) groups excluding carboxylic acids is 1. The molecule has 21 heavy (non-hydrogen) atoms. The molecule has 2 aromatic rings. The summed E-state index contributed by atoms with van der Waals surface area (Å²) >= 11 is 0. The Bertz CT molecular complexity index is 652. The van der Waals surface area contributed by atoms with Crippen LogP contribution in [0.25, 0.3) is 0 Å². The average Bonchev–Trinajstić information content (AvgIpc) is 2.38. The second-order valence-electron chi connectivity index (χ2n) is 5.20. The number of nitrogens with one attached hydrogen (secondary N) is 1. The summed E-state index contributed by atoms with van der Waals surface area (Å²) in [7, 11) is 0. The highest BCUT2D eigenvalue weighted by atomic mass is 19.1. The number of aryl methyl sites for hydroxylation is 3. The van der Waals surface area contributed by atoms with Crippen molar-refractivity contribution in [2.45, 2.75) is 27.2 Å². The van der Waals surface area contributed by atoms with Gasteiger partial charge in [0.1, 0.15) is 17.3 Å². The molecule has 0 fully saturated rings. The van der Waals surface area contributed by atoms with Crippen LogP contribution in [0.2, 0.25) is 0 Å². The number of carbonyl (C=O) groups is 1. The minimum absolute atomic E-state index is 0.0890. The van der Waals surface area contributed by atoms with Gasteiger partial charge in [-0.1, -0.05) is 23.8 Å². The Hall–Kier alpha value is -2.23. The first-order chi connectivity index (χ1) is 9.88. The van der Waals surface area contributed by atoms with Gasteiger partial charge >= 0.3 is 0 Å². The van der Waals surface area contributed by atoms with Crippen LogP contribution in [0.1, 0.15) is 22.3 Å². The highest BCUT2D eigenvalue weighted by molar-refractivity contribution is 5.92. The maximum absolute atomic E-state index is 13.5. The van der Waals surface area contributed by atoms with E-state index in [0.29, 0.717) is 0 Å². The Morgan fingerprint density at radius 3 is 2.10 bits per heavy atom. The summed E-state index contributed by atoms with van der Waals surface area (Å²) in [5, 5.41) is 2.31. The number of para-hydroxylation sites is 1. The van der Waals surface area contributed by atoms with Gasteiger partial charge in [-0.25, -0.2) is 8.78 Å². The third-order valence-corrected chi connectivity index (χ3v) is 3.40. The summed E-state index contributed by atoms with van der Waals surface area (Å²) in [6.45, 7) is 5.83. The molecular weight excluding hydrogens is 272 g/mol. The molecule has 4 heteroatoms. The third kappa shape index (κ3) is 3.45. The lowest BCUT2D eigenvalue weighted by Gasteiger charge is -2.12. The highest BCUT2D eigenvalue weighted by Gasteiger charge is 2.14. The fraction of sp³-hybridized carbons (Fsp3) is 0.235. The summed E-state index contributed by atoms with van der Waals surface area (Å²) in [4.78, 5) is 12.0. The molecule has 110 valence electrons. The van der Waals surface area contributed by atoms with Crippen molar-refractivity contribution in [1.29, 1.82) is 0 Å². The lowest BCUT2D eigenvalue weighted by molar-refractivity contribution is -0.115. The number of hydrogen-bond donors (Lipinski definition) is 1. The Morgan fingerprint density at radius 1 is 1.05 bits per heavy atom. The van der Waals surface area contributed by atoms with Crippen molar-refractivity contribution >= 4 is 11.6 Å². The predicted molar refractivity (Wildman–Crippen MR) is 79.3 cm³/mol. The van der Waals surface area contributed by atoms with E-state index in [1.165, 1.54) is 6.07 Å². The van der Waals surface area contributed by atoms with Gasteiger partial charge in [0.25, 0.3) is 0 Å². The Kier molecular flexibility index (Phi) is 4.36. The highest BCUT2D eigenvalue weighted by Crippen LogP contribution is 2.20. The van der Waals surface area contributed by atoms with E-state index in [4.69, 9.17) is 0 Å². The van der Waals surface area contributed by atoms with E-state index >= 15 is 0 Å². The van der Waals surface area contributed by atoms with E-state index in [2.05, 4.69) is 5.32 Å². The zero-order valence-corrected chi connectivity index (χ0v) is 12.3. The molecule has 0 heterocycles. The quantitative estimate of drug-likeness (QED) is 0.906. The molecule has 0 aromatic heterocycles. The zero-order chi connectivity index (χ0) is 15.6. The van der Waals surface area contributed by atoms with Crippen LogP contribution >= 0.6 is 0 Å². The molecule has 0 spiro atoms. The first-order valence-corrected chi connectivity index (χ1v) is 6.69. The minimum Gasteiger partial charge on any atom is -0.321 e. The van der Waals surface area contributed by atoms with E-state index < -0.39 is 23.2 Å². The van der Waals surface area contributed by atoms with Gasteiger partial charge in [0.05, 0.1) is 6.42 Å². The average molecular weight is 289 g/mol. The summed E-state index contributed by atoms with van der Waals surface area (Å²) < 4.78 is 27.0. The second kappa shape index (κ2) is 6.04. The number of halogens is 2. The fourth-order valence-electron chi connectivity index (χ4n) is 2.45. The molecule has 0 bridgehead atoms. The summed E-state index contributed by atoms with van der Waals surface area (Å²) in [6.07, 6.45) is 0.0890. The van der Waals surface area contributed by atoms with Crippen molar-refractivity contribution in [2.75, 3.05) is 5.32 Å². The Balaban J connectivity index is 2.20. The van der Waals surface area contributed by atoms with E-state index in [9.17, 15) is 13.6 Å². The monoisotopic (exact) mass is 289 g/mol. The molecule has 2 aromatic carbocycles. The largest absolute Gasteiger partial charge is 0.321 e. The maximum Gasteiger partial charge on any atom is 0.228 e. The van der Waals surface area contributed by atoms with Gasteiger partial charge in [0.2, 0.25) is 5.91 Å². The van der Waals surface area contributed by atoms with Crippen LogP contribution in [0.4, 0.5) is 14.5 Å². The summed E-state index contributed by atoms with van der Waals surface area (Å²) in [5.74, 6) is -1.99. The third-order valence-electron chi connectivity index (χ3n) is 3.40. The van der Waals surface area contributed by atoms with Crippen LogP contribution in [0.15, 0.2) is 30.3 Å². The van der Waals surface area contributed by atoms with Gasteiger partial charge in [-0.15, -0.1) is 0 Å². The number of amides is 1. The molecule has 0 aliphatic rings. The summed E-state index contributed by atoms with van der Waals surface area (Å²) in [5.41, 5.74) is 3.60. The molecule has 1 amide bonds. The number of anilines is 1. The molecule has 0 saturated heterocycles. The van der Waals surface area contributed by atoms with Crippen molar-refractivity contribution in [3.05, 3.63) is 64.2 Å². The van der Waals surface area contributed by atoms with Crippen LogP contribution in [0.3, 0.4) is 0 Å². The van der Waals surface area contributed by atoms with Gasteiger partial charge in [0.15, 0.2) is 0 Å². The molecule has 2 rings (SSSR count). The molecule has 0 radical (unpaired) electrons. The molecule has 0 atom stereocenters. The number of rotatable bonds is 3. The molecule has 0 aliphatic heterocycles. The molecule has 0 unspecified atom stereocenters. The zero-order valence-electron chi connectivity index (χ0n) is 12.3. The normalized spacial score (nSPS) is 10.5. The van der Waals surface area contributed by atoms with Gasteiger partial charge < -0.3 is 5.32 Å². The smallest absolute Gasteiger partial charge is 0.228 e. The predicted octanol–water partition coefficient (Wildman–Crippen LogP) is 4.07. The number of hydrogen-bond acceptors (Lipinski definition) is 1. The van der Waals surface area contributed by atoms with Crippen LogP contribution < -0.4 is 5.32 Å². The van der Waals surface area contributed by atoms with Crippen molar-refractivity contribution in [2.24, 2.45) is 0 Å². The van der Waals surface area contributed by atoms with Crippen LogP contribution in [0.5, 0.6) is 0 Å². The van der Waals surface area contributed by atoms with E-state index in [1.807, 2.05) is 32.9 Å². The first kappa shape index (κ1) is 15.2. The van der Waals surface area contributed by atoms with Crippen LogP contribution in [-0.4, -0.2) is 5.91 Å². The molecule has 0 aliphatic carbocycles. The molecule has 2 nitrogen and oxygen atoms in total.